The van der Waals surface area contributed by atoms with Gasteiger partial charge in [-0.15, -0.1) is 0 Å². The smallest absolute Gasteiger partial charge is 0.191 e. The highest BCUT2D eigenvalue weighted by Gasteiger charge is 2.28. The largest absolute Gasteiger partial charge is 0.370 e. The van der Waals surface area contributed by atoms with Crippen LogP contribution in [0.15, 0.2) is 4.99 Å². The molecule has 2 rings (SSSR count). The van der Waals surface area contributed by atoms with Crippen LogP contribution in [0.2, 0.25) is 0 Å². The van der Waals surface area contributed by atoms with Gasteiger partial charge in [0.1, 0.15) is 0 Å². The lowest BCUT2D eigenvalue weighted by Crippen LogP contribution is -2.44. The number of piperidine rings is 1. The second-order valence-electron chi connectivity index (χ2n) is 6.39. The van der Waals surface area contributed by atoms with Gasteiger partial charge in [-0.2, -0.15) is 0 Å². The van der Waals surface area contributed by atoms with E-state index >= 15 is 0 Å². The van der Waals surface area contributed by atoms with E-state index in [0.29, 0.717) is 5.41 Å². The molecule has 0 spiro atoms. The average molecular weight is 237 g/mol. The van der Waals surface area contributed by atoms with Gasteiger partial charge in [0.25, 0.3) is 0 Å². The molecule has 1 heterocycles. The molecule has 1 saturated carbocycles. The summed E-state index contributed by atoms with van der Waals surface area (Å²) in [6.45, 7) is 7.76. The Morgan fingerprint density at radius 2 is 2.06 bits per heavy atom. The first kappa shape index (κ1) is 12.7. The van der Waals surface area contributed by atoms with E-state index in [9.17, 15) is 0 Å². The first-order valence-corrected chi connectivity index (χ1v) is 7.14. The second kappa shape index (κ2) is 5.28. The van der Waals surface area contributed by atoms with Crippen molar-refractivity contribution < 1.29 is 0 Å². The van der Waals surface area contributed by atoms with E-state index in [4.69, 9.17) is 5.73 Å². The Hall–Kier alpha value is -0.730. The summed E-state index contributed by atoms with van der Waals surface area (Å²) in [6.07, 6.45) is 7.97. The number of hydrogen-bond donors (Lipinski definition) is 1. The van der Waals surface area contributed by atoms with E-state index in [2.05, 4.69) is 23.7 Å². The minimum Gasteiger partial charge on any atom is -0.370 e. The van der Waals surface area contributed by atoms with E-state index in [1.807, 2.05) is 0 Å². The predicted molar refractivity (Wildman–Crippen MR) is 73.0 cm³/mol. The summed E-state index contributed by atoms with van der Waals surface area (Å²) in [7, 11) is 0. The van der Waals surface area contributed by atoms with Crippen LogP contribution in [0.5, 0.6) is 0 Å². The average Bonchev–Trinajstić information content (AvgIpc) is 2.74. The molecular formula is C14H27N3. The van der Waals surface area contributed by atoms with Crippen molar-refractivity contribution in [2.24, 2.45) is 22.1 Å². The molecule has 17 heavy (non-hydrogen) atoms. The van der Waals surface area contributed by atoms with E-state index in [1.54, 1.807) is 0 Å². The maximum Gasteiger partial charge on any atom is 0.191 e. The quantitative estimate of drug-likeness (QED) is 0.592. The normalized spacial score (nSPS) is 29.6. The van der Waals surface area contributed by atoms with Crippen molar-refractivity contribution in [3.8, 4) is 0 Å². The second-order valence-corrected chi connectivity index (χ2v) is 6.39. The molecule has 3 nitrogen and oxygen atoms in total. The van der Waals surface area contributed by atoms with Gasteiger partial charge >= 0.3 is 0 Å². The van der Waals surface area contributed by atoms with Crippen LogP contribution in [0, 0.1) is 11.3 Å². The minimum absolute atomic E-state index is 0.423. The van der Waals surface area contributed by atoms with Crippen molar-refractivity contribution in [1.82, 2.24) is 4.90 Å². The van der Waals surface area contributed by atoms with Crippen molar-refractivity contribution in [3.05, 3.63) is 0 Å². The fraction of sp³-hybridized carbons (Fsp3) is 0.929. The predicted octanol–water partition coefficient (Wildman–Crippen LogP) is 2.61. The highest BCUT2D eigenvalue weighted by molar-refractivity contribution is 5.78. The number of nitrogens with zero attached hydrogens (tertiary/aromatic N) is 2. The number of aliphatic imine (C=N–C) groups is 1. The Bertz CT molecular complexity index is 279. The monoisotopic (exact) mass is 237 g/mol. The molecule has 2 aliphatic rings. The van der Waals surface area contributed by atoms with E-state index < -0.39 is 0 Å². The summed E-state index contributed by atoms with van der Waals surface area (Å²) in [5, 5.41) is 0. The maximum absolute atomic E-state index is 6.12. The molecule has 2 fully saturated rings. The lowest BCUT2D eigenvalue weighted by Gasteiger charge is -2.32. The first-order valence-electron chi connectivity index (χ1n) is 7.14. The zero-order chi connectivity index (χ0) is 12.3. The highest BCUT2D eigenvalue weighted by Crippen LogP contribution is 2.37. The standard InChI is InChI=1S/C14H27N3/c1-12-6-5-9-17(10-12)13(15)16-11-14(2)7-3-4-8-14/h12H,3-11H2,1-2H3,(H2,15,16). The van der Waals surface area contributed by atoms with Crippen molar-refractivity contribution in [3.63, 3.8) is 0 Å². The molecule has 0 aromatic rings. The third kappa shape index (κ3) is 3.36. The van der Waals surface area contributed by atoms with Gasteiger partial charge in [0.2, 0.25) is 0 Å². The molecule has 0 aromatic heterocycles. The zero-order valence-electron chi connectivity index (χ0n) is 11.4. The summed E-state index contributed by atoms with van der Waals surface area (Å²) >= 11 is 0. The summed E-state index contributed by atoms with van der Waals surface area (Å²) < 4.78 is 0. The van der Waals surface area contributed by atoms with Crippen molar-refractivity contribution in [2.45, 2.75) is 52.4 Å². The Morgan fingerprint density at radius 3 is 2.71 bits per heavy atom. The molecule has 1 unspecified atom stereocenters. The first-order chi connectivity index (χ1) is 8.09. The van der Waals surface area contributed by atoms with Crippen LogP contribution in [-0.2, 0) is 0 Å². The fourth-order valence-electron chi connectivity index (χ4n) is 3.16. The number of likely N-dealkylation sites (tertiary alicyclic amines) is 1. The molecule has 1 aliphatic carbocycles. The fourth-order valence-corrected chi connectivity index (χ4v) is 3.16. The molecule has 0 radical (unpaired) electrons. The molecule has 2 N–H and O–H groups in total. The van der Waals surface area contributed by atoms with Gasteiger partial charge in [0, 0.05) is 19.6 Å². The third-order valence-corrected chi connectivity index (χ3v) is 4.41. The van der Waals surface area contributed by atoms with Crippen LogP contribution < -0.4 is 5.73 Å². The van der Waals surface area contributed by atoms with Gasteiger partial charge in [-0.1, -0.05) is 26.7 Å². The molecule has 1 aliphatic heterocycles. The Labute approximate surface area is 105 Å². The summed E-state index contributed by atoms with van der Waals surface area (Å²) in [6, 6.07) is 0. The highest BCUT2D eigenvalue weighted by atomic mass is 15.3. The molecule has 3 heteroatoms. The SMILES string of the molecule is CC1CCCN(C(N)=NCC2(C)CCCC2)C1. The van der Waals surface area contributed by atoms with Crippen LogP contribution >= 0.6 is 0 Å². The number of hydrogen-bond acceptors (Lipinski definition) is 1. The van der Waals surface area contributed by atoms with Crippen LogP contribution in [0.25, 0.3) is 0 Å². The van der Waals surface area contributed by atoms with Gasteiger partial charge in [-0.05, 0) is 37.0 Å². The Kier molecular flexibility index (Phi) is 3.95. The van der Waals surface area contributed by atoms with E-state index in [1.165, 1.54) is 38.5 Å². The number of guanidine groups is 1. The topological polar surface area (TPSA) is 41.6 Å². The molecule has 0 aromatic carbocycles. The molecule has 0 bridgehead atoms. The Morgan fingerprint density at radius 1 is 1.35 bits per heavy atom. The van der Waals surface area contributed by atoms with Gasteiger partial charge in [-0.25, -0.2) is 0 Å². The summed E-state index contributed by atoms with van der Waals surface area (Å²) in [4.78, 5) is 6.93. The van der Waals surface area contributed by atoms with Crippen molar-refractivity contribution in [2.75, 3.05) is 19.6 Å². The van der Waals surface area contributed by atoms with Gasteiger partial charge in [-0.3, -0.25) is 4.99 Å². The van der Waals surface area contributed by atoms with Crippen LogP contribution in [0.4, 0.5) is 0 Å². The molecule has 1 saturated heterocycles. The number of rotatable bonds is 2. The Balaban J connectivity index is 1.87. The molecule has 0 amide bonds. The van der Waals surface area contributed by atoms with E-state index in [-0.39, 0.29) is 0 Å². The van der Waals surface area contributed by atoms with Gasteiger partial charge in [0.15, 0.2) is 5.96 Å². The van der Waals surface area contributed by atoms with Crippen molar-refractivity contribution in [1.29, 1.82) is 0 Å². The minimum atomic E-state index is 0.423. The van der Waals surface area contributed by atoms with Crippen LogP contribution in [0.3, 0.4) is 0 Å². The van der Waals surface area contributed by atoms with Gasteiger partial charge < -0.3 is 10.6 Å². The molecular weight excluding hydrogens is 210 g/mol. The maximum atomic E-state index is 6.12. The van der Waals surface area contributed by atoms with Crippen LogP contribution in [-0.4, -0.2) is 30.5 Å². The lowest BCUT2D eigenvalue weighted by molar-refractivity contribution is 0.268. The number of nitrogens with two attached hydrogens (primary N) is 1. The molecule has 1 atom stereocenters. The zero-order valence-corrected chi connectivity index (χ0v) is 11.4. The lowest BCUT2D eigenvalue weighted by atomic mass is 9.89. The molecule has 98 valence electrons. The van der Waals surface area contributed by atoms with Crippen molar-refractivity contribution >= 4 is 5.96 Å². The third-order valence-electron chi connectivity index (χ3n) is 4.41. The summed E-state index contributed by atoms with van der Waals surface area (Å²) in [5.74, 6) is 1.55. The van der Waals surface area contributed by atoms with Crippen LogP contribution in [0.1, 0.15) is 52.4 Å². The summed E-state index contributed by atoms with van der Waals surface area (Å²) in [5.41, 5.74) is 6.55. The van der Waals surface area contributed by atoms with E-state index in [0.717, 1.165) is 31.5 Å². The van der Waals surface area contributed by atoms with Gasteiger partial charge in [0.05, 0.1) is 0 Å².